The summed E-state index contributed by atoms with van der Waals surface area (Å²) in [4.78, 5) is 14.3. The fourth-order valence-electron chi connectivity index (χ4n) is 2.49. The molecule has 5 heteroatoms. The van der Waals surface area contributed by atoms with E-state index in [4.69, 9.17) is 0 Å². The minimum Gasteiger partial charge on any atom is -0.393 e. The molecule has 1 fully saturated rings. The number of piperidine rings is 1. The third-order valence-electron chi connectivity index (χ3n) is 3.63. The quantitative estimate of drug-likeness (QED) is 0.854. The Morgan fingerprint density at radius 2 is 2.17 bits per heavy atom. The number of amides is 1. The second kappa shape index (κ2) is 4.40. The number of hydrogen-bond acceptors (Lipinski definition) is 3. The molecule has 0 radical (unpaired) electrons. The lowest BCUT2D eigenvalue weighted by Gasteiger charge is -2.29. The van der Waals surface area contributed by atoms with E-state index in [1.54, 1.807) is 11.3 Å². The molecule has 3 heterocycles. The van der Waals surface area contributed by atoms with Gasteiger partial charge in [0.15, 0.2) is 0 Å². The number of aliphatic hydroxyl groups excluding tert-OH is 1. The summed E-state index contributed by atoms with van der Waals surface area (Å²) in [7, 11) is 1.93. The van der Waals surface area contributed by atoms with Crippen molar-refractivity contribution in [2.75, 3.05) is 13.1 Å². The zero-order valence-electron chi connectivity index (χ0n) is 10.3. The maximum atomic E-state index is 12.4. The monoisotopic (exact) mass is 264 g/mol. The van der Waals surface area contributed by atoms with Crippen molar-refractivity contribution in [2.24, 2.45) is 7.05 Å². The summed E-state index contributed by atoms with van der Waals surface area (Å²) < 4.78 is 3.11. The van der Waals surface area contributed by atoms with Gasteiger partial charge in [-0.2, -0.15) is 0 Å². The standard InChI is InChI=1S/C13H16N2O2S/c1-14-10-4-7-18-12(10)8-11(14)13(17)15-5-2-9(16)3-6-15/h4,7-9,16H,2-3,5-6H2,1H3. The van der Waals surface area contributed by atoms with Gasteiger partial charge in [-0.05, 0) is 30.4 Å². The first-order valence-corrected chi connectivity index (χ1v) is 7.05. The van der Waals surface area contributed by atoms with Crippen LogP contribution in [0, 0.1) is 0 Å². The molecule has 96 valence electrons. The van der Waals surface area contributed by atoms with Gasteiger partial charge in [-0.1, -0.05) is 0 Å². The molecule has 1 saturated heterocycles. The first kappa shape index (κ1) is 11.7. The summed E-state index contributed by atoms with van der Waals surface area (Å²) in [5.41, 5.74) is 1.86. The lowest BCUT2D eigenvalue weighted by molar-refractivity contribution is 0.0539. The van der Waals surface area contributed by atoms with Crippen LogP contribution in [0.5, 0.6) is 0 Å². The molecule has 0 atom stereocenters. The molecule has 1 N–H and O–H groups in total. The largest absolute Gasteiger partial charge is 0.393 e. The minimum absolute atomic E-state index is 0.0767. The summed E-state index contributed by atoms with van der Waals surface area (Å²) in [5.74, 6) is 0.0767. The molecule has 1 aliphatic heterocycles. The topological polar surface area (TPSA) is 45.5 Å². The normalized spacial score (nSPS) is 17.6. The van der Waals surface area contributed by atoms with Crippen molar-refractivity contribution >= 4 is 27.5 Å². The molecule has 4 nitrogen and oxygen atoms in total. The molecule has 1 aliphatic rings. The number of fused-ring (bicyclic) bond motifs is 1. The first-order valence-electron chi connectivity index (χ1n) is 6.17. The highest BCUT2D eigenvalue weighted by Gasteiger charge is 2.24. The molecule has 0 aliphatic carbocycles. The number of carbonyl (C=O) groups is 1. The number of rotatable bonds is 1. The van der Waals surface area contributed by atoms with Crippen LogP contribution < -0.4 is 0 Å². The predicted octanol–water partition coefficient (Wildman–Crippen LogP) is 1.84. The van der Waals surface area contributed by atoms with Gasteiger partial charge in [0.05, 0.1) is 16.3 Å². The van der Waals surface area contributed by atoms with Gasteiger partial charge in [0.2, 0.25) is 0 Å². The zero-order chi connectivity index (χ0) is 12.7. The van der Waals surface area contributed by atoms with Crippen LogP contribution in [0.1, 0.15) is 23.3 Å². The molecule has 2 aromatic heterocycles. The Labute approximate surface area is 109 Å². The third-order valence-corrected chi connectivity index (χ3v) is 4.49. The van der Waals surface area contributed by atoms with Crippen LogP contribution in [0.4, 0.5) is 0 Å². The summed E-state index contributed by atoms with van der Waals surface area (Å²) in [6.45, 7) is 1.30. The highest BCUT2D eigenvalue weighted by molar-refractivity contribution is 7.17. The van der Waals surface area contributed by atoms with Crippen molar-refractivity contribution in [3.8, 4) is 0 Å². The molecule has 0 spiro atoms. The lowest BCUT2D eigenvalue weighted by atomic mass is 10.1. The Kier molecular flexibility index (Phi) is 2.87. The molecule has 1 amide bonds. The number of hydrogen-bond donors (Lipinski definition) is 1. The number of thiophene rings is 1. The van der Waals surface area contributed by atoms with E-state index < -0.39 is 0 Å². The number of likely N-dealkylation sites (tertiary alicyclic amines) is 1. The van der Waals surface area contributed by atoms with Crippen LogP contribution >= 0.6 is 11.3 Å². The molecular formula is C13H16N2O2S. The summed E-state index contributed by atoms with van der Waals surface area (Å²) >= 11 is 1.66. The maximum Gasteiger partial charge on any atom is 0.270 e. The molecule has 3 rings (SSSR count). The van der Waals surface area contributed by atoms with Crippen molar-refractivity contribution in [1.29, 1.82) is 0 Å². The highest BCUT2D eigenvalue weighted by Crippen LogP contribution is 2.25. The van der Waals surface area contributed by atoms with Crippen molar-refractivity contribution in [3.63, 3.8) is 0 Å². The van der Waals surface area contributed by atoms with Gasteiger partial charge >= 0.3 is 0 Å². The second-order valence-corrected chi connectivity index (χ2v) is 5.73. The second-order valence-electron chi connectivity index (χ2n) is 4.78. The Hall–Kier alpha value is -1.33. The van der Waals surface area contributed by atoms with E-state index in [1.807, 2.05) is 34.0 Å². The fraction of sp³-hybridized carbons (Fsp3) is 0.462. The Morgan fingerprint density at radius 3 is 2.83 bits per heavy atom. The number of aromatic nitrogens is 1. The Balaban J connectivity index is 1.87. The van der Waals surface area contributed by atoms with Gasteiger partial charge in [-0.3, -0.25) is 4.79 Å². The van der Waals surface area contributed by atoms with Gasteiger partial charge in [-0.15, -0.1) is 11.3 Å². The lowest BCUT2D eigenvalue weighted by Crippen LogP contribution is -2.40. The van der Waals surface area contributed by atoms with Crippen molar-refractivity contribution < 1.29 is 9.90 Å². The van der Waals surface area contributed by atoms with E-state index in [-0.39, 0.29) is 12.0 Å². The first-order chi connectivity index (χ1) is 8.66. The van der Waals surface area contributed by atoms with Gasteiger partial charge < -0.3 is 14.6 Å². The van der Waals surface area contributed by atoms with Gasteiger partial charge in [0.25, 0.3) is 5.91 Å². The van der Waals surface area contributed by atoms with Gasteiger partial charge in [-0.25, -0.2) is 0 Å². The molecule has 18 heavy (non-hydrogen) atoms. The summed E-state index contributed by atoms with van der Waals surface area (Å²) in [6.07, 6.45) is 1.13. The van der Waals surface area contributed by atoms with Crippen LogP contribution in [0.2, 0.25) is 0 Å². The minimum atomic E-state index is -0.244. The number of aliphatic hydroxyl groups is 1. The van der Waals surface area contributed by atoms with E-state index in [0.717, 1.165) is 15.9 Å². The molecular weight excluding hydrogens is 248 g/mol. The SMILES string of the molecule is Cn1c(C(=O)N2CCC(O)CC2)cc2sccc21. The Morgan fingerprint density at radius 1 is 1.44 bits per heavy atom. The molecule has 2 aromatic rings. The van der Waals surface area contributed by atoms with Crippen LogP contribution in [-0.2, 0) is 7.05 Å². The fourth-order valence-corrected chi connectivity index (χ4v) is 3.34. The van der Waals surface area contributed by atoms with Gasteiger partial charge in [0.1, 0.15) is 5.69 Å². The summed E-state index contributed by atoms with van der Waals surface area (Å²) in [5, 5.41) is 11.5. The van der Waals surface area contributed by atoms with Crippen LogP contribution in [0.25, 0.3) is 10.2 Å². The van der Waals surface area contributed by atoms with Crippen LogP contribution in [0.3, 0.4) is 0 Å². The van der Waals surface area contributed by atoms with E-state index in [1.165, 1.54) is 0 Å². The predicted molar refractivity (Wildman–Crippen MR) is 71.9 cm³/mol. The van der Waals surface area contributed by atoms with Gasteiger partial charge in [0, 0.05) is 20.1 Å². The van der Waals surface area contributed by atoms with Crippen LogP contribution in [-0.4, -0.2) is 39.7 Å². The third kappa shape index (κ3) is 1.83. The maximum absolute atomic E-state index is 12.4. The highest BCUT2D eigenvalue weighted by atomic mass is 32.1. The number of carbonyl (C=O) groups excluding carboxylic acids is 1. The van der Waals surface area contributed by atoms with E-state index in [9.17, 15) is 9.90 Å². The number of nitrogens with zero attached hydrogens (tertiary/aromatic N) is 2. The van der Waals surface area contributed by atoms with Crippen LogP contribution in [0.15, 0.2) is 17.5 Å². The Bertz CT molecular complexity index is 579. The summed E-state index contributed by atoms with van der Waals surface area (Å²) in [6, 6.07) is 4.00. The molecule has 0 unspecified atom stereocenters. The molecule has 0 aromatic carbocycles. The molecule has 0 saturated carbocycles. The average Bonchev–Trinajstić information content (AvgIpc) is 2.93. The van der Waals surface area contributed by atoms with Crippen molar-refractivity contribution in [1.82, 2.24) is 9.47 Å². The van der Waals surface area contributed by atoms with E-state index >= 15 is 0 Å². The average molecular weight is 264 g/mol. The van der Waals surface area contributed by atoms with E-state index in [2.05, 4.69) is 0 Å². The smallest absolute Gasteiger partial charge is 0.270 e. The molecule has 0 bridgehead atoms. The number of aryl methyl sites for hydroxylation is 1. The van der Waals surface area contributed by atoms with Crippen molar-refractivity contribution in [2.45, 2.75) is 18.9 Å². The van der Waals surface area contributed by atoms with E-state index in [0.29, 0.717) is 25.9 Å². The van der Waals surface area contributed by atoms with Crippen molar-refractivity contribution in [3.05, 3.63) is 23.2 Å². The zero-order valence-corrected chi connectivity index (χ0v) is 11.1.